The number of nitrogens with zero attached hydrogens (tertiary/aromatic N) is 3. The maximum Gasteiger partial charge on any atom is 0.268 e. The molecule has 1 aromatic heterocycles. The van der Waals surface area contributed by atoms with Crippen LogP contribution in [0.25, 0.3) is 0 Å². The van der Waals surface area contributed by atoms with Crippen molar-refractivity contribution in [1.82, 2.24) is 15.1 Å². The van der Waals surface area contributed by atoms with Crippen LogP contribution in [0.4, 0.5) is 5.69 Å². The lowest BCUT2D eigenvalue weighted by Crippen LogP contribution is -2.39. The van der Waals surface area contributed by atoms with Gasteiger partial charge in [0.15, 0.2) is 0 Å². The topological polar surface area (TPSA) is 50.2 Å². The van der Waals surface area contributed by atoms with Gasteiger partial charge in [-0.2, -0.15) is 5.10 Å². The van der Waals surface area contributed by atoms with Gasteiger partial charge in [0.1, 0.15) is 0 Å². The first kappa shape index (κ1) is 15.0. The first-order chi connectivity index (χ1) is 9.65. The number of hydrogen-bond acceptors (Lipinski definition) is 4. The van der Waals surface area contributed by atoms with Crippen LogP contribution in [0.3, 0.4) is 0 Å². The average molecular weight is 278 g/mol. The fourth-order valence-electron chi connectivity index (χ4n) is 2.56. The third-order valence-electron chi connectivity index (χ3n) is 3.88. The summed E-state index contributed by atoms with van der Waals surface area (Å²) in [5.74, 6) is 0.714. The lowest BCUT2D eigenvalue weighted by molar-refractivity contribution is 0.387. The van der Waals surface area contributed by atoms with Gasteiger partial charge in [-0.3, -0.25) is 4.79 Å². The average Bonchev–Trinajstić information content (AvgIpc) is 3.25. The zero-order valence-electron chi connectivity index (χ0n) is 12.8. The molecule has 1 aliphatic rings. The van der Waals surface area contributed by atoms with Gasteiger partial charge in [0.05, 0.1) is 18.4 Å². The summed E-state index contributed by atoms with van der Waals surface area (Å²) >= 11 is 0. The normalized spacial score (nSPS) is 16.1. The minimum atomic E-state index is -0.00555. The van der Waals surface area contributed by atoms with Gasteiger partial charge in [0.25, 0.3) is 5.56 Å². The largest absolute Gasteiger partial charge is 0.373 e. The van der Waals surface area contributed by atoms with Crippen LogP contribution in [0, 0.1) is 5.92 Å². The SMILES string of the molecule is CCCN(C)c1cnn(CC(NCC)C2CC2)c(=O)c1. The van der Waals surface area contributed by atoms with Crippen LogP contribution in [-0.4, -0.2) is 36.0 Å². The fraction of sp³-hybridized carbons (Fsp3) is 0.733. The molecule has 0 amide bonds. The van der Waals surface area contributed by atoms with Crippen LogP contribution < -0.4 is 15.8 Å². The molecule has 20 heavy (non-hydrogen) atoms. The molecule has 0 aromatic carbocycles. The highest BCUT2D eigenvalue weighted by molar-refractivity contribution is 5.41. The van der Waals surface area contributed by atoms with E-state index in [4.69, 9.17) is 0 Å². The second-order valence-electron chi connectivity index (χ2n) is 5.66. The van der Waals surface area contributed by atoms with Crippen molar-refractivity contribution < 1.29 is 0 Å². The highest BCUT2D eigenvalue weighted by Crippen LogP contribution is 2.33. The molecule has 0 spiro atoms. The monoisotopic (exact) mass is 278 g/mol. The van der Waals surface area contributed by atoms with E-state index in [9.17, 15) is 4.79 Å². The molecule has 1 atom stereocenters. The molecule has 0 saturated heterocycles. The molecule has 1 aliphatic carbocycles. The van der Waals surface area contributed by atoms with Gasteiger partial charge in [-0.15, -0.1) is 0 Å². The van der Waals surface area contributed by atoms with Gasteiger partial charge in [-0.1, -0.05) is 13.8 Å². The van der Waals surface area contributed by atoms with Crippen molar-refractivity contribution in [3.8, 4) is 0 Å². The molecule has 1 N–H and O–H groups in total. The molecule has 1 aromatic rings. The fourth-order valence-corrected chi connectivity index (χ4v) is 2.56. The third kappa shape index (κ3) is 3.82. The van der Waals surface area contributed by atoms with Gasteiger partial charge in [0, 0.05) is 25.7 Å². The first-order valence-corrected chi connectivity index (χ1v) is 7.67. The van der Waals surface area contributed by atoms with Crippen molar-refractivity contribution >= 4 is 5.69 Å². The van der Waals surface area contributed by atoms with Crippen LogP contribution >= 0.6 is 0 Å². The molecule has 1 heterocycles. The lowest BCUT2D eigenvalue weighted by Gasteiger charge is -2.20. The van der Waals surface area contributed by atoms with Crippen molar-refractivity contribution in [3.63, 3.8) is 0 Å². The van der Waals surface area contributed by atoms with Crippen molar-refractivity contribution in [3.05, 3.63) is 22.6 Å². The predicted molar refractivity (Wildman–Crippen MR) is 82.2 cm³/mol. The van der Waals surface area contributed by atoms with Crippen molar-refractivity contribution in [2.45, 2.75) is 45.7 Å². The van der Waals surface area contributed by atoms with Crippen LogP contribution in [0.15, 0.2) is 17.1 Å². The van der Waals surface area contributed by atoms with E-state index in [1.165, 1.54) is 12.8 Å². The van der Waals surface area contributed by atoms with Crippen LogP contribution in [0.5, 0.6) is 0 Å². The maximum atomic E-state index is 12.2. The third-order valence-corrected chi connectivity index (χ3v) is 3.88. The summed E-state index contributed by atoms with van der Waals surface area (Å²) < 4.78 is 1.59. The Bertz CT molecular complexity index is 481. The van der Waals surface area contributed by atoms with Gasteiger partial charge in [-0.25, -0.2) is 4.68 Å². The molecular weight excluding hydrogens is 252 g/mol. The summed E-state index contributed by atoms with van der Waals surface area (Å²) in [5.41, 5.74) is 0.897. The second kappa shape index (κ2) is 6.88. The Morgan fingerprint density at radius 3 is 2.80 bits per heavy atom. The molecular formula is C15H26N4O. The summed E-state index contributed by atoms with van der Waals surface area (Å²) in [6, 6.07) is 2.07. The van der Waals surface area contributed by atoms with Gasteiger partial charge < -0.3 is 10.2 Å². The zero-order valence-corrected chi connectivity index (χ0v) is 12.8. The molecule has 1 fully saturated rings. The molecule has 5 heteroatoms. The molecule has 112 valence electrons. The Balaban J connectivity index is 2.07. The summed E-state index contributed by atoms with van der Waals surface area (Å²) in [6.45, 7) is 6.78. The minimum absolute atomic E-state index is 0.00555. The predicted octanol–water partition coefficient (Wildman–Crippen LogP) is 1.48. The minimum Gasteiger partial charge on any atom is -0.373 e. The Morgan fingerprint density at radius 2 is 2.25 bits per heavy atom. The van der Waals surface area contributed by atoms with E-state index < -0.39 is 0 Å². The Kier molecular flexibility index (Phi) is 5.17. The highest BCUT2D eigenvalue weighted by Gasteiger charge is 2.31. The smallest absolute Gasteiger partial charge is 0.268 e. The number of hydrogen-bond donors (Lipinski definition) is 1. The molecule has 1 unspecified atom stereocenters. The van der Waals surface area contributed by atoms with E-state index >= 15 is 0 Å². The number of anilines is 1. The van der Waals surface area contributed by atoms with E-state index in [-0.39, 0.29) is 5.56 Å². The summed E-state index contributed by atoms with van der Waals surface area (Å²) in [7, 11) is 2.00. The van der Waals surface area contributed by atoms with Gasteiger partial charge in [-0.05, 0) is 31.7 Å². The number of rotatable bonds is 8. The Morgan fingerprint density at radius 1 is 1.50 bits per heavy atom. The number of aromatic nitrogens is 2. The Hall–Kier alpha value is -1.36. The summed E-state index contributed by atoms with van der Waals surface area (Å²) in [5, 5.41) is 7.80. The van der Waals surface area contributed by atoms with Crippen LogP contribution in [0.1, 0.15) is 33.1 Å². The molecule has 1 saturated carbocycles. The van der Waals surface area contributed by atoms with Crippen LogP contribution in [0.2, 0.25) is 0 Å². The Labute approximate surface area is 121 Å². The van der Waals surface area contributed by atoms with Crippen molar-refractivity contribution in [1.29, 1.82) is 0 Å². The first-order valence-electron chi connectivity index (χ1n) is 7.67. The van der Waals surface area contributed by atoms with E-state index in [0.717, 1.165) is 25.2 Å². The zero-order chi connectivity index (χ0) is 14.5. The summed E-state index contributed by atoms with van der Waals surface area (Å²) in [4.78, 5) is 14.2. The number of nitrogens with one attached hydrogen (secondary N) is 1. The quantitative estimate of drug-likeness (QED) is 0.782. The van der Waals surface area contributed by atoms with E-state index in [2.05, 4.69) is 29.2 Å². The van der Waals surface area contributed by atoms with Crippen LogP contribution in [-0.2, 0) is 6.54 Å². The standard InChI is InChI=1S/C15H26N4O/c1-4-8-18(3)13-9-15(20)19(17-10-13)11-14(16-5-2)12-6-7-12/h9-10,12,14,16H,4-8,11H2,1-3H3. The van der Waals surface area contributed by atoms with Crippen molar-refractivity contribution in [2.24, 2.45) is 5.92 Å². The molecule has 5 nitrogen and oxygen atoms in total. The van der Waals surface area contributed by atoms with E-state index in [0.29, 0.717) is 18.5 Å². The molecule has 0 bridgehead atoms. The van der Waals surface area contributed by atoms with E-state index in [1.807, 2.05) is 7.05 Å². The van der Waals surface area contributed by atoms with Gasteiger partial charge in [0.2, 0.25) is 0 Å². The molecule has 0 aliphatic heterocycles. The van der Waals surface area contributed by atoms with Gasteiger partial charge >= 0.3 is 0 Å². The summed E-state index contributed by atoms with van der Waals surface area (Å²) in [6.07, 6.45) is 5.39. The highest BCUT2D eigenvalue weighted by atomic mass is 16.1. The van der Waals surface area contributed by atoms with Crippen molar-refractivity contribution in [2.75, 3.05) is 25.0 Å². The lowest BCUT2D eigenvalue weighted by atomic mass is 10.2. The molecule has 2 rings (SSSR count). The molecule has 0 radical (unpaired) electrons. The van der Waals surface area contributed by atoms with E-state index in [1.54, 1.807) is 16.9 Å². The number of likely N-dealkylation sites (N-methyl/N-ethyl adjacent to an activating group) is 1. The second-order valence-corrected chi connectivity index (χ2v) is 5.66. The maximum absolute atomic E-state index is 12.2.